The van der Waals surface area contributed by atoms with Crippen LogP contribution in [0.5, 0.6) is 11.5 Å². The third-order valence-corrected chi connectivity index (χ3v) is 3.98. The summed E-state index contributed by atoms with van der Waals surface area (Å²) in [5, 5.41) is 3.40. The molecule has 0 aliphatic rings. The van der Waals surface area contributed by atoms with Gasteiger partial charge < -0.3 is 14.8 Å². The summed E-state index contributed by atoms with van der Waals surface area (Å²) in [6, 6.07) is 16.4. The molecule has 136 valence electrons. The zero-order chi connectivity index (χ0) is 18.1. The summed E-state index contributed by atoms with van der Waals surface area (Å²) >= 11 is 0. The highest BCUT2D eigenvalue weighted by atomic mass is 16.5. The zero-order valence-electron chi connectivity index (χ0n) is 16.0. The van der Waals surface area contributed by atoms with Gasteiger partial charge in [0.15, 0.2) is 0 Å². The minimum Gasteiger partial charge on any atom is -0.494 e. The maximum Gasteiger partial charge on any atom is 0.123 e. The molecular weight excluding hydrogens is 310 g/mol. The van der Waals surface area contributed by atoms with E-state index in [0.717, 1.165) is 43.2 Å². The molecule has 2 rings (SSSR count). The van der Waals surface area contributed by atoms with Crippen LogP contribution in [0.2, 0.25) is 0 Å². The van der Waals surface area contributed by atoms with Crippen LogP contribution in [0, 0.1) is 0 Å². The van der Waals surface area contributed by atoms with Gasteiger partial charge in [0.1, 0.15) is 18.1 Å². The van der Waals surface area contributed by atoms with E-state index < -0.39 is 0 Å². The summed E-state index contributed by atoms with van der Waals surface area (Å²) < 4.78 is 11.7. The van der Waals surface area contributed by atoms with Crippen LogP contribution in [0.15, 0.2) is 48.5 Å². The molecule has 2 aromatic rings. The van der Waals surface area contributed by atoms with Crippen molar-refractivity contribution in [2.75, 3.05) is 25.1 Å². The Balaban J connectivity index is 1.83. The lowest BCUT2D eigenvalue weighted by molar-refractivity contribution is 0.309. The molecule has 0 fully saturated rings. The number of hydrogen-bond donors (Lipinski definition) is 1. The minimum atomic E-state index is 0.0776. The van der Waals surface area contributed by atoms with Crippen molar-refractivity contribution in [2.24, 2.45) is 0 Å². The van der Waals surface area contributed by atoms with Crippen molar-refractivity contribution in [3.63, 3.8) is 0 Å². The normalized spacial score (nSPS) is 11.2. The Morgan fingerprint density at radius 1 is 0.920 bits per heavy atom. The third kappa shape index (κ3) is 6.33. The average molecular weight is 341 g/mol. The Bertz CT molecular complexity index is 646. The van der Waals surface area contributed by atoms with Crippen LogP contribution in [0.4, 0.5) is 5.69 Å². The first-order chi connectivity index (χ1) is 12.0. The van der Waals surface area contributed by atoms with Crippen LogP contribution in [-0.2, 0) is 5.41 Å². The largest absolute Gasteiger partial charge is 0.494 e. The molecule has 0 aliphatic carbocycles. The van der Waals surface area contributed by atoms with Gasteiger partial charge in [0, 0.05) is 18.3 Å². The van der Waals surface area contributed by atoms with E-state index in [9.17, 15) is 0 Å². The van der Waals surface area contributed by atoms with Crippen LogP contribution < -0.4 is 14.8 Å². The van der Waals surface area contributed by atoms with Gasteiger partial charge in [-0.05, 0) is 35.6 Å². The van der Waals surface area contributed by atoms with E-state index in [1.54, 1.807) is 0 Å². The second-order valence-corrected chi connectivity index (χ2v) is 7.25. The van der Waals surface area contributed by atoms with Gasteiger partial charge in [0.2, 0.25) is 0 Å². The maximum absolute atomic E-state index is 6.00. The van der Waals surface area contributed by atoms with E-state index in [4.69, 9.17) is 9.47 Å². The summed E-state index contributed by atoms with van der Waals surface area (Å²) in [4.78, 5) is 0. The first-order valence-electron chi connectivity index (χ1n) is 9.19. The predicted molar refractivity (Wildman–Crippen MR) is 106 cm³/mol. The van der Waals surface area contributed by atoms with Gasteiger partial charge in [-0.15, -0.1) is 0 Å². The lowest BCUT2D eigenvalue weighted by Gasteiger charge is -2.22. The summed E-state index contributed by atoms with van der Waals surface area (Å²) in [6.45, 7) is 10.9. The van der Waals surface area contributed by atoms with E-state index in [1.165, 1.54) is 5.56 Å². The van der Waals surface area contributed by atoms with Crippen LogP contribution in [0.1, 0.15) is 46.1 Å². The first kappa shape index (κ1) is 19.2. The molecule has 3 nitrogen and oxygen atoms in total. The van der Waals surface area contributed by atoms with Crippen LogP contribution in [0.3, 0.4) is 0 Å². The van der Waals surface area contributed by atoms with Crippen molar-refractivity contribution < 1.29 is 9.47 Å². The number of anilines is 1. The summed E-state index contributed by atoms with van der Waals surface area (Å²) in [6.07, 6.45) is 2.23. The van der Waals surface area contributed by atoms with Gasteiger partial charge >= 0.3 is 0 Å². The van der Waals surface area contributed by atoms with Crippen LogP contribution in [0.25, 0.3) is 0 Å². The molecule has 0 aliphatic heterocycles. The van der Waals surface area contributed by atoms with E-state index in [0.29, 0.717) is 6.61 Å². The second kappa shape index (κ2) is 9.36. The Morgan fingerprint density at radius 2 is 1.72 bits per heavy atom. The molecule has 0 atom stereocenters. The minimum absolute atomic E-state index is 0.0776. The number of benzene rings is 2. The van der Waals surface area contributed by atoms with Gasteiger partial charge in [-0.25, -0.2) is 0 Å². The monoisotopic (exact) mass is 341 g/mol. The molecular formula is C22H31NO2. The summed E-state index contributed by atoms with van der Waals surface area (Å²) in [5.74, 6) is 1.88. The molecule has 0 bridgehead atoms. The smallest absolute Gasteiger partial charge is 0.123 e. The second-order valence-electron chi connectivity index (χ2n) is 7.25. The van der Waals surface area contributed by atoms with Gasteiger partial charge in [0.05, 0.1) is 6.61 Å². The molecule has 25 heavy (non-hydrogen) atoms. The number of hydrogen-bond acceptors (Lipinski definition) is 3. The highest BCUT2D eigenvalue weighted by Gasteiger charge is 2.18. The summed E-state index contributed by atoms with van der Waals surface area (Å²) in [5.41, 5.74) is 2.37. The molecule has 0 amide bonds. The molecule has 0 heterocycles. The van der Waals surface area contributed by atoms with E-state index >= 15 is 0 Å². The Morgan fingerprint density at radius 3 is 2.48 bits per heavy atom. The van der Waals surface area contributed by atoms with Crippen molar-refractivity contribution >= 4 is 5.69 Å². The van der Waals surface area contributed by atoms with E-state index in [2.05, 4.69) is 51.2 Å². The molecule has 1 N–H and O–H groups in total. The molecule has 0 unspecified atom stereocenters. The fourth-order valence-electron chi connectivity index (χ4n) is 2.60. The molecule has 0 radical (unpaired) electrons. The molecule has 0 aromatic heterocycles. The highest BCUT2D eigenvalue weighted by Crippen LogP contribution is 2.30. The SMILES string of the molecule is CCCCOc1cccc(NCCOc2ccccc2C(C)(C)C)c1. The van der Waals surface area contributed by atoms with E-state index in [1.807, 2.05) is 30.3 Å². The van der Waals surface area contributed by atoms with Crippen LogP contribution >= 0.6 is 0 Å². The quantitative estimate of drug-likeness (QED) is 0.597. The van der Waals surface area contributed by atoms with Gasteiger partial charge in [-0.2, -0.15) is 0 Å². The Labute approximate surface area is 152 Å². The number of ether oxygens (including phenoxy) is 2. The van der Waals surface area contributed by atoms with Crippen molar-refractivity contribution in [1.82, 2.24) is 0 Å². The standard InChI is InChI=1S/C22H31NO2/c1-5-6-15-24-19-11-9-10-18(17-19)23-14-16-25-21-13-8-7-12-20(21)22(2,3)4/h7-13,17,23H,5-6,14-16H2,1-4H3. The predicted octanol–water partition coefficient (Wildman–Crippen LogP) is 5.65. The maximum atomic E-state index is 6.00. The molecule has 2 aromatic carbocycles. The highest BCUT2D eigenvalue weighted by molar-refractivity contribution is 5.48. The average Bonchev–Trinajstić information content (AvgIpc) is 2.59. The number of unbranched alkanes of at least 4 members (excludes halogenated alkanes) is 1. The Kier molecular flexibility index (Phi) is 7.17. The fraction of sp³-hybridized carbons (Fsp3) is 0.455. The summed E-state index contributed by atoms with van der Waals surface area (Å²) in [7, 11) is 0. The van der Waals surface area contributed by atoms with Gasteiger partial charge in [0.25, 0.3) is 0 Å². The third-order valence-electron chi connectivity index (χ3n) is 3.98. The van der Waals surface area contributed by atoms with Crippen molar-refractivity contribution in [1.29, 1.82) is 0 Å². The van der Waals surface area contributed by atoms with Crippen molar-refractivity contribution in [3.8, 4) is 11.5 Å². The molecule has 0 spiro atoms. The molecule has 3 heteroatoms. The van der Waals surface area contributed by atoms with Crippen molar-refractivity contribution in [3.05, 3.63) is 54.1 Å². The topological polar surface area (TPSA) is 30.5 Å². The number of para-hydroxylation sites is 1. The molecule has 0 saturated heterocycles. The van der Waals surface area contributed by atoms with Crippen molar-refractivity contribution in [2.45, 2.75) is 46.0 Å². The van der Waals surface area contributed by atoms with Gasteiger partial charge in [-0.3, -0.25) is 0 Å². The lowest BCUT2D eigenvalue weighted by atomic mass is 9.86. The van der Waals surface area contributed by atoms with E-state index in [-0.39, 0.29) is 5.41 Å². The lowest BCUT2D eigenvalue weighted by Crippen LogP contribution is -2.16. The number of rotatable bonds is 9. The Hall–Kier alpha value is -2.16. The fourth-order valence-corrected chi connectivity index (χ4v) is 2.60. The van der Waals surface area contributed by atoms with Gasteiger partial charge in [-0.1, -0.05) is 58.4 Å². The number of nitrogens with one attached hydrogen (secondary N) is 1. The molecule has 0 saturated carbocycles. The first-order valence-corrected chi connectivity index (χ1v) is 9.19. The van der Waals surface area contributed by atoms with Crippen LogP contribution in [-0.4, -0.2) is 19.8 Å². The zero-order valence-corrected chi connectivity index (χ0v) is 16.0.